The molecule has 5 heteroatoms. The van der Waals surface area contributed by atoms with Crippen LogP contribution < -0.4 is 0 Å². The predicted octanol–water partition coefficient (Wildman–Crippen LogP) is 3.08. The molecule has 2 heterocycles. The summed E-state index contributed by atoms with van der Waals surface area (Å²) in [7, 11) is 1.87. The Morgan fingerprint density at radius 3 is 3.10 bits per heavy atom. The maximum atomic E-state index is 5.74. The first kappa shape index (κ1) is 14.7. The molecular formula is C16H23N3OS. The molecule has 0 N–H and O–H groups in total. The number of allylic oxidation sites excluding steroid dienone is 3. The maximum absolute atomic E-state index is 5.74. The van der Waals surface area contributed by atoms with Gasteiger partial charge in [0.1, 0.15) is 6.10 Å². The van der Waals surface area contributed by atoms with Crippen LogP contribution in [0.5, 0.6) is 0 Å². The minimum Gasteiger partial charge on any atom is -0.391 e. The van der Waals surface area contributed by atoms with Crippen molar-refractivity contribution < 1.29 is 4.84 Å². The monoisotopic (exact) mass is 305 g/mol. The highest BCUT2D eigenvalue weighted by Gasteiger charge is 2.37. The van der Waals surface area contributed by atoms with Gasteiger partial charge in [-0.2, -0.15) is 0 Å². The molecular weight excluding hydrogens is 282 g/mol. The van der Waals surface area contributed by atoms with Gasteiger partial charge in [-0.3, -0.25) is 4.99 Å². The van der Waals surface area contributed by atoms with Crippen molar-refractivity contribution in [2.24, 2.45) is 16.1 Å². The average molecular weight is 305 g/mol. The van der Waals surface area contributed by atoms with Crippen LogP contribution in [0.15, 0.2) is 34.5 Å². The lowest BCUT2D eigenvalue weighted by molar-refractivity contribution is 0.0556. The molecule has 0 aromatic carbocycles. The van der Waals surface area contributed by atoms with E-state index in [1.165, 1.54) is 12.1 Å². The zero-order valence-corrected chi connectivity index (χ0v) is 13.6. The Labute approximate surface area is 131 Å². The van der Waals surface area contributed by atoms with Crippen LogP contribution in [0.2, 0.25) is 0 Å². The molecule has 0 aromatic heterocycles. The van der Waals surface area contributed by atoms with E-state index in [0.29, 0.717) is 12.0 Å². The van der Waals surface area contributed by atoms with Gasteiger partial charge in [-0.25, -0.2) is 0 Å². The number of oxime groups is 1. The van der Waals surface area contributed by atoms with Gasteiger partial charge in [0.2, 0.25) is 0 Å². The molecule has 0 aromatic rings. The molecule has 1 fully saturated rings. The van der Waals surface area contributed by atoms with Crippen LogP contribution in [0.3, 0.4) is 0 Å². The van der Waals surface area contributed by atoms with E-state index in [9.17, 15) is 0 Å². The van der Waals surface area contributed by atoms with E-state index >= 15 is 0 Å². The van der Waals surface area contributed by atoms with Gasteiger partial charge in [-0.05, 0) is 25.5 Å². The highest BCUT2D eigenvalue weighted by Crippen LogP contribution is 2.31. The smallest absolute Gasteiger partial charge is 0.159 e. The minimum absolute atomic E-state index is 0.208. The largest absolute Gasteiger partial charge is 0.391 e. The summed E-state index contributed by atoms with van der Waals surface area (Å²) >= 11 is 1.72. The van der Waals surface area contributed by atoms with Crippen LogP contribution in [-0.4, -0.2) is 47.8 Å². The van der Waals surface area contributed by atoms with Crippen molar-refractivity contribution in [3.63, 3.8) is 0 Å². The Balaban J connectivity index is 1.65. The molecule has 0 bridgehead atoms. The Morgan fingerprint density at radius 1 is 1.48 bits per heavy atom. The van der Waals surface area contributed by atoms with Crippen molar-refractivity contribution in [2.75, 3.05) is 19.8 Å². The highest BCUT2D eigenvalue weighted by atomic mass is 32.2. The van der Waals surface area contributed by atoms with Gasteiger partial charge >= 0.3 is 0 Å². The summed E-state index contributed by atoms with van der Waals surface area (Å²) in [5, 5.41) is 5.54. The van der Waals surface area contributed by atoms with Crippen LogP contribution in [0.4, 0.5) is 0 Å². The quantitative estimate of drug-likeness (QED) is 0.581. The fourth-order valence-electron chi connectivity index (χ4n) is 3.40. The molecule has 0 saturated carbocycles. The Kier molecular flexibility index (Phi) is 4.68. The van der Waals surface area contributed by atoms with Gasteiger partial charge < -0.3 is 9.74 Å². The Bertz CT molecular complexity index is 498. The van der Waals surface area contributed by atoms with E-state index < -0.39 is 0 Å². The third-order valence-electron chi connectivity index (χ3n) is 4.46. The molecule has 3 rings (SSSR count). The predicted molar refractivity (Wildman–Crippen MR) is 89.9 cm³/mol. The number of amidine groups is 1. The van der Waals surface area contributed by atoms with Gasteiger partial charge in [0.25, 0.3) is 0 Å². The summed E-state index contributed by atoms with van der Waals surface area (Å²) in [6, 6.07) is 0.379. The first-order valence-corrected chi connectivity index (χ1v) is 8.89. The summed E-state index contributed by atoms with van der Waals surface area (Å²) in [5.74, 6) is 0.464. The van der Waals surface area contributed by atoms with Gasteiger partial charge in [0.05, 0.1) is 11.8 Å². The van der Waals surface area contributed by atoms with Crippen molar-refractivity contribution in [1.82, 2.24) is 4.90 Å². The molecule has 114 valence electrons. The third-order valence-corrected chi connectivity index (χ3v) is 5.25. The number of rotatable bonds is 2. The topological polar surface area (TPSA) is 37.2 Å². The molecule has 0 amide bonds. The fourth-order valence-corrected chi connectivity index (χ4v) is 4.03. The first-order chi connectivity index (χ1) is 10.3. The van der Waals surface area contributed by atoms with E-state index in [1.807, 2.05) is 7.05 Å². The number of hydrogen-bond acceptors (Lipinski definition) is 4. The van der Waals surface area contributed by atoms with Crippen molar-refractivity contribution in [1.29, 1.82) is 0 Å². The van der Waals surface area contributed by atoms with E-state index in [2.05, 4.69) is 45.6 Å². The molecule has 0 spiro atoms. The number of hydrogen-bond donors (Lipinski definition) is 0. The summed E-state index contributed by atoms with van der Waals surface area (Å²) in [4.78, 5) is 12.5. The lowest BCUT2D eigenvalue weighted by atomic mass is 9.90. The first-order valence-electron chi connectivity index (χ1n) is 7.66. The van der Waals surface area contributed by atoms with Crippen molar-refractivity contribution >= 4 is 22.6 Å². The third kappa shape index (κ3) is 3.03. The van der Waals surface area contributed by atoms with Crippen molar-refractivity contribution in [3.05, 3.63) is 24.3 Å². The normalized spacial score (nSPS) is 32.5. The number of likely N-dealkylation sites (tertiary alicyclic amines) is 1. The van der Waals surface area contributed by atoms with Gasteiger partial charge in [-0.15, -0.1) is 0 Å². The average Bonchev–Trinajstić information content (AvgIpc) is 3.18. The van der Waals surface area contributed by atoms with Gasteiger partial charge in [-0.1, -0.05) is 41.2 Å². The number of aliphatic imine (C=N–C) groups is 1. The van der Waals surface area contributed by atoms with E-state index in [0.717, 1.165) is 31.0 Å². The van der Waals surface area contributed by atoms with E-state index in [-0.39, 0.29) is 6.10 Å². The fraction of sp³-hybridized carbons (Fsp3) is 0.625. The highest BCUT2D eigenvalue weighted by molar-refractivity contribution is 8.13. The number of nitrogens with zero attached hydrogens (tertiary/aromatic N) is 3. The SMILES string of the molecule is C/N=C(/SC)N1CCC[C@@H]1C1=NOC(C2C=CC=CC2)C1. The molecule has 2 unspecified atom stereocenters. The summed E-state index contributed by atoms with van der Waals surface area (Å²) < 4.78 is 0. The number of thioether (sulfide) groups is 1. The summed E-state index contributed by atoms with van der Waals surface area (Å²) in [6.45, 7) is 1.08. The molecule has 1 aliphatic carbocycles. The maximum Gasteiger partial charge on any atom is 0.159 e. The van der Waals surface area contributed by atoms with E-state index in [1.54, 1.807) is 11.8 Å². The molecule has 3 aliphatic rings. The zero-order valence-electron chi connectivity index (χ0n) is 12.7. The second kappa shape index (κ2) is 6.69. The second-order valence-electron chi connectivity index (χ2n) is 5.70. The van der Waals surface area contributed by atoms with Crippen LogP contribution in [0, 0.1) is 5.92 Å². The summed E-state index contributed by atoms with van der Waals surface area (Å²) in [6.07, 6.45) is 15.4. The van der Waals surface area contributed by atoms with Crippen LogP contribution in [-0.2, 0) is 4.84 Å². The molecule has 2 aliphatic heterocycles. The van der Waals surface area contributed by atoms with E-state index in [4.69, 9.17) is 4.84 Å². The minimum atomic E-state index is 0.208. The lowest BCUT2D eigenvalue weighted by Gasteiger charge is -2.26. The van der Waals surface area contributed by atoms with Crippen LogP contribution in [0.25, 0.3) is 0 Å². The second-order valence-corrected chi connectivity index (χ2v) is 6.48. The van der Waals surface area contributed by atoms with Crippen LogP contribution >= 0.6 is 11.8 Å². The standard InChI is InChI=1S/C16H23N3OS/c1-17-16(21-2)19-10-6-9-14(19)13-11-15(20-18-13)12-7-4-3-5-8-12/h3-5,7,12,14-15H,6,8-11H2,1-2H3/b17-16+/t12?,14-,15?/m1/s1. The van der Waals surface area contributed by atoms with Crippen molar-refractivity contribution in [3.8, 4) is 0 Å². The van der Waals surface area contributed by atoms with Gasteiger partial charge in [0, 0.05) is 25.9 Å². The molecule has 21 heavy (non-hydrogen) atoms. The summed E-state index contributed by atoms with van der Waals surface area (Å²) in [5.41, 5.74) is 1.20. The molecule has 3 atom stereocenters. The van der Waals surface area contributed by atoms with Gasteiger partial charge in [0.15, 0.2) is 5.17 Å². The Hall–Kier alpha value is -1.23. The molecule has 0 radical (unpaired) electrons. The van der Waals surface area contributed by atoms with Crippen LogP contribution in [0.1, 0.15) is 25.7 Å². The zero-order chi connectivity index (χ0) is 14.7. The molecule has 4 nitrogen and oxygen atoms in total. The Morgan fingerprint density at radius 2 is 2.38 bits per heavy atom. The lowest BCUT2D eigenvalue weighted by Crippen LogP contribution is -2.39. The molecule has 1 saturated heterocycles. The van der Waals surface area contributed by atoms with Crippen molar-refractivity contribution in [2.45, 2.75) is 37.8 Å².